The molecule has 15 heavy (non-hydrogen) atoms. The average molecular weight is 231 g/mol. The summed E-state index contributed by atoms with van der Waals surface area (Å²) in [4.78, 5) is 0. The SMILES string of the molecule is OC[C@@H](Cl)[C@@H]1CCc2cc(F)ccc2O1. The van der Waals surface area contributed by atoms with Gasteiger partial charge in [0, 0.05) is 0 Å². The monoisotopic (exact) mass is 230 g/mol. The number of ether oxygens (including phenoxy) is 1. The second-order valence-corrected chi connectivity index (χ2v) is 4.21. The van der Waals surface area contributed by atoms with Gasteiger partial charge in [-0.2, -0.15) is 0 Å². The highest BCUT2D eigenvalue weighted by Crippen LogP contribution is 2.30. The van der Waals surface area contributed by atoms with Crippen LogP contribution >= 0.6 is 11.6 Å². The van der Waals surface area contributed by atoms with Crippen LogP contribution in [0.15, 0.2) is 18.2 Å². The highest BCUT2D eigenvalue weighted by atomic mass is 35.5. The lowest BCUT2D eigenvalue weighted by Gasteiger charge is -2.28. The van der Waals surface area contributed by atoms with Crippen LogP contribution in [0.25, 0.3) is 0 Å². The van der Waals surface area contributed by atoms with Crippen molar-refractivity contribution in [2.75, 3.05) is 6.61 Å². The zero-order valence-corrected chi connectivity index (χ0v) is 8.88. The Kier molecular flexibility index (Phi) is 3.12. The molecule has 1 aliphatic rings. The molecule has 1 aliphatic heterocycles. The molecule has 2 nitrogen and oxygen atoms in total. The molecule has 0 bridgehead atoms. The Hall–Kier alpha value is -0.800. The minimum atomic E-state index is -0.400. The van der Waals surface area contributed by atoms with Crippen molar-refractivity contribution in [2.45, 2.75) is 24.3 Å². The molecule has 0 amide bonds. The van der Waals surface area contributed by atoms with Crippen LogP contribution < -0.4 is 4.74 Å². The first-order chi connectivity index (χ1) is 7.20. The molecule has 0 unspecified atom stereocenters. The first-order valence-electron chi connectivity index (χ1n) is 4.90. The molecular weight excluding hydrogens is 219 g/mol. The summed E-state index contributed by atoms with van der Waals surface area (Å²) in [6, 6.07) is 4.45. The van der Waals surface area contributed by atoms with Gasteiger partial charge >= 0.3 is 0 Å². The molecule has 0 radical (unpaired) electrons. The maximum absolute atomic E-state index is 12.9. The Balaban J connectivity index is 2.16. The number of hydrogen-bond acceptors (Lipinski definition) is 2. The molecule has 0 fully saturated rings. The van der Waals surface area contributed by atoms with Gasteiger partial charge in [-0.05, 0) is 36.6 Å². The normalized spacial score (nSPS) is 21.7. The summed E-state index contributed by atoms with van der Waals surface area (Å²) < 4.78 is 18.5. The molecule has 0 aromatic heterocycles. The van der Waals surface area contributed by atoms with Crippen LogP contribution in [0.4, 0.5) is 4.39 Å². The first kappa shape index (κ1) is 10.7. The number of fused-ring (bicyclic) bond motifs is 1. The maximum Gasteiger partial charge on any atom is 0.123 e. The van der Waals surface area contributed by atoms with Crippen molar-refractivity contribution in [3.63, 3.8) is 0 Å². The molecule has 1 N–H and O–H groups in total. The number of hydrogen-bond donors (Lipinski definition) is 1. The Morgan fingerprint density at radius 2 is 2.40 bits per heavy atom. The molecule has 1 aromatic rings. The first-order valence-corrected chi connectivity index (χ1v) is 5.34. The Morgan fingerprint density at radius 3 is 3.13 bits per heavy atom. The summed E-state index contributed by atoms with van der Waals surface area (Å²) in [5.41, 5.74) is 0.869. The van der Waals surface area contributed by atoms with Crippen molar-refractivity contribution < 1.29 is 14.2 Å². The molecule has 82 valence electrons. The number of benzene rings is 1. The molecule has 1 heterocycles. The molecule has 4 heteroatoms. The zero-order chi connectivity index (χ0) is 10.8. The van der Waals surface area contributed by atoms with Crippen LogP contribution in [0.5, 0.6) is 5.75 Å². The van der Waals surface area contributed by atoms with E-state index < -0.39 is 5.38 Å². The van der Waals surface area contributed by atoms with E-state index in [0.29, 0.717) is 12.2 Å². The van der Waals surface area contributed by atoms with Crippen molar-refractivity contribution in [1.82, 2.24) is 0 Å². The highest BCUT2D eigenvalue weighted by Gasteiger charge is 2.25. The van der Waals surface area contributed by atoms with Gasteiger partial charge < -0.3 is 9.84 Å². The van der Waals surface area contributed by atoms with Gasteiger partial charge in [-0.25, -0.2) is 4.39 Å². The van der Waals surface area contributed by atoms with Crippen LogP contribution in [0, 0.1) is 5.82 Å². The summed E-state index contributed by atoms with van der Waals surface area (Å²) in [7, 11) is 0. The van der Waals surface area contributed by atoms with E-state index >= 15 is 0 Å². The van der Waals surface area contributed by atoms with E-state index in [0.717, 1.165) is 12.0 Å². The second kappa shape index (κ2) is 4.37. The van der Waals surface area contributed by atoms with Crippen LogP contribution in [-0.2, 0) is 6.42 Å². The van der Waals surface area contributed by atoms with Gasteiger partial charge in [-0.3, -0.25) is 0 Å². The third kappa shape index (κ3) is 2.24. The van der Waals surface area contributed by atoms with Crippen LogP contribution in [0.3, 0.4) is 0 Å². The van der Waals surface area contributed by atoms with Gasteiger partial charge in [-0.15, -0.1) is 11.6 Å². The third-order valence-corrected chi connectivity index (χ3v) is 3.00. The lowest BCUT2D eigenvalue weighted by atomic mass is 10.0. The van der Waals surface area contributed by atoms with Crippen LogP contribution in [0.2, 0.25) is 0 Å². The fourth-order valence-corrected chi connectivity index (χ4v) is 1.93. The van der Waals surface area contributed by atoms with Gasteiger partial charge in [0.1, 0.15) is 17.7 Å². The number of aliphatic hydroxyl groups excluding tert-OH is 1. The van der Waals surface area contributed by atoms with Crippen molar-refractivity contribution in [3.8, 4) is 5.75 Å². The smallest absolute Gasteiger partial charge is 0.123 e. The number of alkyl halides is 1. The summed E-state index contributed by atoms with van der Waals surface area (Å²) in [5, 5.41) is 8.51. The average Bonchev–Trinajstić information content (AvgIpc) is 2.27. The Bertz CT molecular complexity index is 356. The predicted molar refractivity (Wildman–Crippen MR) is 55.9 cm³/mol. The summed E-state index contributed by atoms with van der Waals surface area (Å²) in [6.07, 6.45) is 1.27. The van der Waals surface area contributed by atoms with Crippen LogP contribution in [0.1, 0.15) is 12.0 Å². The van der Waals surface area contributed by atoms with Gasteiger partial charge in [0.2, 0.25) is 0 Å². The van der Waals surface area contributed by atoms with Gasteiger partial charge in [-0.1, -0.05) is 0 Å². The largest absolute Gasteiger partial charge is 0.488 e. The van der Waals surface area contributed by atoms with Crippen molar-refractivity contribution in [3.05, 3.63) is 29.6 Å². The van der Waals surface area contributed by atoms with Gasteiger partial charge in [0.15, 0.2) is 0 Å². The standard InChI is InChI=1S/C11H12ClFO2/c12-9(6-14)11-3-1-7-5-8(13)2-4-10(7)15-11/h2,4-5,9,11,14H,1,3,6H2/t9-,11+/m1/s1. The minimum Gasteiger partial charge on any atom is -0.488 e. The summed E-state index contributed by atoms with van der Waals surface area (Å²) in [6.45, 7) is -0.108. The second-order valence-electron chi connectivity index (χ2n) is 3.65. The Labute approximate surface area is 92.6 Å². The molecule has 1 aromatic carbocycles. The van der Waals surface area contributed by atoms with Gasteiger partial charge in [0.25, 0.3) is 0 Å². The number of halogens is 2. The van der Waals surface area contributed by atoms with Crippen molar-refractivity contribution in [1.29, 1.82) is 0 Å². The quantitative estimate of drug-likeness (QED) is 0.789. The molecule has 0 saturated carbocycles. The molecule has 0 saturated heterocycles. The van der Waals surface area contributed by atoms with E-state index in [1.54, 1.807) is 6.07 Å². The molecule has 2 atom stereocenters. The predicted octanol–water partition coefficient (Wildman–Crippen LogP) is 2.12. The Morgan fingerprint density at radius 1 is 1.60 bits per heavy atom. The fraction of sp³-hybridized carbons (Fsp3) is 0.455. The lowest BCUT2D eigenvalue weighted by Crippen LogP contribution is -2.33. The number of aryl methyl sites for hydroxylation is 1. The van der Waals surface area contributed by atoms with Gasteiger partial charge in [0.05, 0.1) is 12.0 Å². The van der Waals surface area contributed by atoms with E-state index in [1.807, 2.05) is 0 Å². The van der Waals surface area contributed by atoms with E-state index in [9.17, 15) is 4.39 Å². The number of rotatable bonds is 2. The topological polar surface area (TPSA) is 29.5 Å². The van der Waals surface area contributed by atoms with E-state index in [4.69, 9.17) is 21.4 Å². The fourth-order valence-electron chi connectivity index (χ4n) is 1.75. The molecule has 2 rings (SSSR count). The third-order valence-electron chi connectivity index (χ3n) is 2.58. The van der Waals surface area contributed by atoms with E-state index in [1.165, 1.54) is 12.1 Å². The van der Waals surface area contributed by atoms with E-state index in [-0.39, 0.29) is 18.5 Å². The molecule has 0 aliphatic carbocycles. The highest BCUT2D eigenvalue weighted by molar-refractivity contribution is 6.21. The minimum absolute atomic E-state index is 0.108. The van der Waals surface area contributed by atoms with Crippen molar-refractivity contribution in [2.24, 2.45) is 0 Å². The number of aliphatic hydroxyl groups is 1. The van der Waals surface area contributed by atoms with Crippen LogP contribution in [-0.4, -0.2) is 23.2 Å². The maximum atomic E-state index is 12.9. The zero-order valence-electron chi connectivity index (χ0n) is 8.12. The molecular formula is C11H12ClFO2. The summed E-state index contributed by atoms with van der Waals surface area (Å²) >= 11 is 5.89. The summed E-state index contributed by atoms with van der Waals surface area (Å²) in [5.74, 6) is 0.423. The van der Waals surface area contributed by atoms with Crippen molar-refractivity contribution >= 4 is 11.6 Å². The lowest BCUT2D eigenvalue weighted by molar-refractivity contribution is 0.138. The molecule has 0 spiro atoms. The van der Waals surface area contributed by atoms with E-state index in [2.05, 4.69) is 0 Å².